The number of anilines is 1. The van der Waals surface area contributed by atoms with E-state index in [4.69, 9.17) is 21.1 Å². The largest absolute Gasteiger partial charge is 0.497 e. The fourth-order valence-electron chi connectivity index (χ4n) is 1.73. The summed E-state index contributed by atoms with van der Waals surface area (Å²) in [5.41, 5.74) is 0.614. The number of amides is 1. The molecule has 2 aromatic rings. The molecule has 0 aliphatic heterocycles. The molecule has 0 saturated carbocycles. The van der Waals surface area contributed by atoms with Crippen LogP contribution in [0.4, 0.5) is 5.69 Å². The molecule has 0 heterocycles. The number of hydrogen-bond donors (Lipinski definition) is 1. The van der Waals surface area contributed by atoms with Gasteiger partial charge >= 0.3 is 0 Å². The topological polar surface area (TPSA) is 47.6 Å². The first-order chi connectivity index (χ1) is 10.5. The average Bonchev–Trinajstić information content (AvgIpc) is 2.51. The van der Waals surface area contributed by atoms with Crippen LogP contribution < -0.4 is 14.8 Å². The molecule has 0 aliphatic rings. The molecule has 0 radical (unpaired) electrons. The molecule has 0 aliphatic carbocycles. The first kappa shape index (κ1) is 16.6. The monoisotopic (exact) mass is 383 g/mol. The van der Waals surface area contributed by atoms with Gasteiger partial charge in [-0.15, -0.1) is 0 Å². The van der Waals surface area contributed by atoms with E-state index in [0.29, 0.717) is 16.5 Å². The number of halogens is 2. The summed E-state index contributed by atoms with van der Waals surface area (Å²) >= 11 is 9.29. The third-order valence-electron chi connectivity index (χ3n) is 2.93. The zero-order chi connectivity index (χ0) is 16.1. The number of carbonyl (C=O) groups is 1. The molecule has 6 heteroatoms. The van der Waals surface area contributed by atoms with Crippen molar-refractivity contribution < 1.29 is 14.3 Å². The average molecular weight is 385 g/mol. The van der Waals surface area contributed by atoms with Crippen molar-refractivity contribution in [2.75, 3.05) is 12.4 Å². The Hall–Kier alpha value is -1.72. The van der Waals surface area contributed by atoms with E-state index in [9.17, 15) is 4.79 Å². The molecule has 2 rings (SSSR count). The molecular formula is C16H15BrClNO3. The van der Waals surface area contributed by atoms with Crippen molar-refractivity contribution in [3.8, 4) is 11.5 Å². The number of hydrogen-bond acceptors (Lipinski definition) is 3. The Bertz CT molecular complexity index is 661. The van der Waals surface area contributed by atoms with Crippen LogP contribution in [0.3, 0.4) is 0 Å². The van der Waals surface area contributed by atoms with E-state index in [1.165, 1.54) is 0 Å². The number of carbonyl (C=O) groups excluding carboxylic acids is 1. The lowest BCUT2D eigenvalue weighted by molar-refractivity contribution is -0.122. The maximum absolute atomic E-state index is 12.1. The molecular weight excluding hydrogens is 370 g/mol. The van der Waals surface area contributed by atoms with Gasteiger partial charge in [0.25, 0.3) is 5.91 Å². The maximum Gasteiger partial charge on any atom is 0.265 e. The normalized spacial score (nSPS) is 11.6. The summed E-state index contributed by atoms with van der Waals surface area (Å²) in [5.74, 6) is 1.07. The molecule has 116 valence electrons. The van der Waals surface area contributed by atoms with Crippen LogP contribution in [-0.4, -0.2) is 19.1 Å². The molecule has 1 N–H and O–H groups in total. The second kappa shape index (κ2) is 7.51. The highest BCUT2D eigenvalue weighted by atomic mass is 79.9. The SMILES string of the molecule is COc1ccc(OC(C)C(=O)Nc2ccc(Br)c(Cl)c2)cc1. The van der Waals surface area contributed by atoms with E-state index in [1.807, 2.05) is 0 Å². The Morgan fingerprint density at radius 3 is 2.41 bits per heavy atom. The number of benzene rings is 2. The Balaban J connectivity index is 1.97. The van der Waals surface area contributed by atoms with E-state index in [2.05, 4.69) is 21.2 Å². The lowest BCUT2D eigenvalue weighted by Crippen LogP contribution is -2.30. The van der Waals surface area contributed by atoms with Crippen LogP contribution in [0.5, 0.6) is 11.5 Å². The van der Waals surface area contributed by atoms with Gasteiger partial charge in [-0.25, -0.2) is 0 Å². The number of rotatable bonds is 5. The number of nitrogens with one attached hydrogen (secondary N) is 1. The summed E-state index contributed by atoms with van der Waals surface area (Å²) in [5, 5.41) is 3.29. The van der Waals surface area contributed by atoms with Crippen LogP contribution in [0.15, 0.2) is 46.9 Å². The van der Waals surface area contributed by atoms with Gasteiger partial charge in [0.15, 0.2) is 6.10 Å². The Kier molecular flexibility index (Phi) is 5.69. The van der Waals surface area contributed by atoms with Gasteiger partial charge in [-0.2, -0.15) is 0 Å². The molecule has 0 bridgehead atoms. The number of methoxy groups -OCH3 is 1. The van der Waals surface area contributed by atoms with Crippen molar-refractivity contribution in [1.82, 2.24) is 0 Å². The summed E-state index contributed by atoms with van der Waals surface area (Å²) in [6.45, 7) is 1.68. The van der Waals surface area contributed by atoms with Crippen molar-refractivity contribution >= 4 is 39.1 Å². The highest BCUT2D eigenvalue weighted by molar-refractivity contribution is 9.10. The highest BCUT2D eigenvalue weighted by Gasteiger charge is 2.15. The molecule has 22 heavy (non-hydrogen) atoms. The molecule has 1 amide bonds. The van der Waals surface area contributed by atoms with Crippen LogP contribution in [-0.2, 0) is 4.79 Å². The summed E-state index contributed by atoms with van der Waals surface area (Å²) in [6, 6.07) is 12.2. The van der Waals surface area contributed by atoms with E-state index < -0.39 is 6.10 Å². The maximum atomic E-state index is 12.1. The van der Waals surface area contributed by atoms with Crippen LogP contribution in [0.1, 0.15) is 6.92 Å². The lowest BCUT2D eigenvalue weighted by Gasteiger charge is -2.15. The van der Waals surface area contributed by atoms with Gasteiger partial charge in [-0.05, 0) is 65.3 Å². The Morgan fingerprint density at radius 2 is 1.82 bits per heavy atom. The van der Waals surface area contributed by atoms with Crippen LogP contribution in [0.25, 0.3) is 0 Å². The van der Waals surface area contributed by atoms with E-state index in [1.54, 1.807) is 56.5 Å². The Morgan fingerprint density at radius 1 is 1.18 bits per heavy atom. The Labute approximate surface area is 142 Å². The van der Waals surface area contributed by atoms with Crippen molar-refractivity contribution in [2.45, 2.75) is 13.0 Å². The fourth-order valence-corrected chi connectivity index (χ4v) is 2.16. The first-order valence-electron chi connectivity index (χ1n) is 6.56. The molecule has 0 saturated heterocycles. The minimum atomic E-state index is -0.643. The van der Waals surface area contributed by atoms with Crippen LogP contribution in [0.2, 0.25) is 5.02 Å². The third kappa shape index (κ3) is 4.39. The molecule has 0 fully saturated rings. The van der Waals surface area contributed by atoms with Crippen LogP contribution >= 0.6 is 27.5 Å². The number of ether oxygens (including phenoxy) is 2. The molecule has 1 unspecified atom stereocenters. The van der Waals surface area contributed by atoms with Gasteiger partial charge in [0.05, 0.1) is 12.1 Å². The van der Waals surface area contributed by atoms with Crippen LogP contribution in [0, 0.1) is 0 Å². The lowest BCUT2D eigenvalue weighted by atomic mass is 10.3. The first-order valence-corrected chi connectivity index (χ1v) is 7.73. The zero-order valence-corrected chi connectivity index (χ0v) is 14.4. The van der Waals surface area contributed by atoms with Gasteiger partial charge in [-0.1, -0.05) is 11.6 Å². The van der Waals surface area contributed by atoms with Crippen molar-refractivity contribution in [2.24, 2.45) is 0 Å². The molecule has 0 spiro atoms. The quantitative estimate of drug-likeness (QED) is 0.824. The molecule has 1 atom stereocenters. The fraction of sp³-hybridized carbons (Fsp3) is 0.188. The van der Waals surface area contributed by atoms with Gasteiger partial charge in [0, 0.05) is 10.2 Å². The van der Waals surface area contributed by atoms with Gasteiger partial charge in [0.2, 0.25) is 0 Å². The minimum absolute atomic E-state index is 0.255. The second-order valence-electron chi connectivity index (χ2n) is 4.55. The predicted molar refractivity (Wildman–Crippen MR) is 90.9 cm³/mol. The molecule has 2 aromatic carbocycles. The standard InChI is InChI=1S/C16H15BrClNO3/c1-10(22-13-6-4-12(21-2)5-7-13)16(20)19-11-3-8-14(17)15(18)9-11/h3-10H,1-2H3,(H,19,20). The van der Waals surface area contributed by atoms with Gasteiger partial charge in [-0.3, -0.25) is 4.79 Å². The summed E-state index contributed by atoms with van der Waals surface area (Å²) in [6.07, 6.45) is -0.643. The van der Waals surface area contributed by atoms with E-state index in [0.717, 1.165) is 10.2 Å². The van der Waals surface area contributed by atoms with Crippen molar-refractivity contribution in [1.29, 1.82) is 0 Å². The summed E-state index contributed by atoms with van der Waals surface area (Å²) in [4.78, 5) is 12.1. The van der Waals surface area contributed by atoms with Crippen molar-refractivity contribution in [3.05, 3.63) is 52.0 Å². The third-order valence-corrected chi connectivity index (χ3v) is 4.16. The zero-order valence-electron chi connectivity index (χ0n) is 12.1. The second-order valence-corrected chi connectivity index (χ2v) is 5.82. The highest BCUT2D eigenvalue weighted by Crippen LogP contribution is 2.25. The summed E-state index contributed by atoms with van der Waals surface area (Å²) in [7, 11) is 1.59. The van der Waals surface area contributed by atoms with E-state index in [-0.39, 0.29) is 5.91 Å². The molecule has 4 nitrogen and oxygen atoms in total. The van der Waals surface area contributed by atoms with Gasteiger partial charge < -0.3 is 14.8 Å². The predicted octanol–water partition coefficient (Wildman–Crippen LogP) is 4.52. The van der Waals surface area contributed by atoms with Crippen molar-refractivity contribution in [3.63, 3.8) is 0 Å². The van der Waals surface area contributed by atoms with E-state index >= 15 is 0 Å². The minimum Gasteiger partial charge on any atom is -0.497 e. The summed E-state index contributed by atoms with van der Waals surface area (Å²) < 4.78 is 11.4. The smallest absolute Gasteiger partial charge is 0.265 e. The molecule has 0 aromatic heterocycles. The van der Waals surface area contributed by atoms with Gasteiger partial charge in [0.1, 0.15) is 11.5 Å².